The van der Waals surface area contributed by atoms with Gasteiger partial charge in [-0.2, -0.15) is 0 Å². The highest BCUT2D eigenvalue weighted by Crippen LogP contribution is 2.21. The van der Waals surface area contributed by atoms with Crippen LogP contribution in [0.4, 0.5) is 11.4 Å². The van der Waals surface area contributed by atoms with Crippen LogP contribution in [0.3, 0.4) is 0 Å². The molecule has 0 aliphatic rings. The molecule has 0 saturated carbocycles. The molecule has 1 amide bonds. The Balaban J connectivity index is 2.30. The maximum Gasteiger partial charge on any atom is 0.293 e. The third-order valence-corrected chi connectivity index (χ3v) is 2.23. The van der Waals surface area contributed by atoms with Crippen LogP contribution in [-0.4, -0.2) is 17.9 Å². The quantitative estimate of drug-likeness (QED) is 0.828. The first-order chi connectivity index (χ1) is 7.70. The molecular formula is C11H11N3O2. The van der Waals surface area contributed by atoms with Crippen LogP contribution in [0.5, 0.6) is 0 Å². The lowest BCUT2D eigenvalue weighted by atomic mass is 10.3. The van der Waals surface area contributed by atoms with E-state index in [4.69, 9.17) is 10.2 Å². The summed E-state index contributed by atoms with van der Waals surface area (Å²) in [5, 5.41) is 0. The van der Waals surface area contributed by atoms with Crippen molar-refractivity contribution < 1.29 is 9.21 Å². The average molecular weight is 217 g/mol. The first-order valence-electron chi connectivity index (χ1n) is 4.71. The van der Waals surface area contributed by atoms with E-state index in [0.717, 1.165) is 0 Å². The van der Waals surface area contributed by atoms with Crippen molar-refractivity contribution in [1.29, 1.82) is 0 Å². The van der Waals surface area contributed by atoms with E-state index in [1.807, 2.05) is 0 Å². The number of nitrogens with zero attached hydrogens (tertiary/aromatic N) is 2. The SMILES string of the molecule is CN(C(=O)c1ccco1)c1ccncc1N. The van der Waals surface area contributed by atoms with Crippen LogP contribution < -0.4 is 10.6 Å². The molecule has 16 heavy (non-hydrogen) atoms. The number of amides is 1. The highest BCUT2D eigenvalue weighted by molar-refractivity contribution is 6.05. The number of nitrogen functional groups attached to an aromatic ring is 1. The smallest absolute Gasteiger partial charge is 0.293 e. The number of furan rings is 1. The largest absolute Gasteiger partial charge is 0.459 e. The molecule has 0 aliphatic heterocycles. The van der Waals surface area contributed by atoms with Crippen LogP contribution in [0.15, 0.2) is 41.3 Å². The van der Waals surface area contributed by atoms with Gasteiger partial charge in [0.05, 0.1) is 23.8 Å². The number of nitrogens with two attached hydrogens (primary N) is 1. The van der Waals surface area contributed by atoms with Crippen LogP contribution >= 0.6 is 0 Å². The van der Waals surface area contributed by atoms with E-state index in [1.54, 1.807) is 31.4 Å². The van der Waals surface area contributed by atoms with Crippen molar-refractivity contribution in [1.82, 2.24) is 4.98 Å². The highest BCUT2D eigenvalue weighted by atomic mass is 16.3. The topological polar surface area (TPSA) is 72.4 Å². The molecule has 0 bridgehead atoms. The molecule has 2 rings (SSSR count). The molecule has 5 heteroatoms. The first-order valence-corrected chi connectivity index (χ1v) is 4.71. The van der Waals surface area contributed by atoms with Crippen LogP contribution in [0.2, 0.25) is 0 Å². The van der Waals surface area contributed by atoms with Crippen molar-refractivity contribution in [3.05, 3.63) is 42.6 Å². The van der Waals surface area contributed by atoms with Crippen LogP contribution in [0, 0.1) is 0 Å². The second kappa shape index (κ2) is 4.06. The number of hydrogen-bond donors (Lipinski definition) is 1. The third kappa shape index (κ3) is 1.75. The number of carbonyl (C=O) groups is 1. The lowest BCUT2D eigenvalue weighted by Crippen LogP contribution is -2.26. The van der Waals surface area contributed by atoms with Gasteiger partial charge >= 0.3 is 0 Å². The summed E-state index contributed by atoms with van der Waals surface area (Å²) in [5.74, 6) is 0.0293. The van der Waals surface area contributed by atoms with E-state index in [1.165, 1.54) is 17.4 Å². The van der Waals surface area contributed by atoms with Crippen molar-refractivity contribution in [2.75, 3.05) is 17.7 Å². The van der Waals surface area contributed by atoms with E-state index in [9.17, 15) is 4.79 Å². The zero-order valence-corrected chi connectivity index (χ0v) is 8.75. The highest BCUT2D eigenvalue weighted by Gasteiger charge is 2.17. The maximum atomic E-state index is 11.9. The van der Waals surface area contributed by atoms with Gasteiger partial charge in [-0.15, -0.1) is 0 Å². The Labute approximate surface area is 92.5 Å². The molecule has 0 fully saturated rings. The number of hydrogen-bond acceptors (Lipinski definition) is 4. The Bertz CT molecular complexity index is 494. The maximum absolute atomic E-state index is 11.9. The van der Waals surface area contributed by atoms with Gasteiger partial charge in [0.15, 0.2) is 5.76 Å². The van der Waals surface area contributed by atoms with Gasteiger partial charge in [0.2, 0.25) is 0 Å². The van der Waals surface area contributed by atoms with Gasteiger partial charge in [-0.3, -0.25) is 9.78 Å². The van der Waals surface area contributed by atoms with Crippen molar-refractivity contribution in [3.63, 3.8) is 0 Å². The van der Waals surface area contributed by atoms with E-state index < -0.39 is 0 Å². The Morgan fingerprint density at radius 1 is 1.50 bits per heavy atom. The summed E-state index contributed by atoms with van der Waals surface area (Å²) in [4.78, 5) is 17.2. The number of carbonyl (C=O) groups excluding carboxylic acids is 1. The summed E-state index contributed by atoms with van der Waals surface area (Å²) in [6.45, 7) is 0. The Morgan fingerprint density at radius 3 is 2.94 bits per heavy atom. The fourth-order valence-corrected chi connectivity index (χ4v) is 1.38. The summed E-state index contributed by atoms with van der Waals surface area (Å²) in [7, 11) is 1.64. The molecule has 0 spiro atoms. The molecule has 0 atom stereocenters. The minimum absolute atomic E-state index is 0.247. The molecule has 0 unspecified atom stereocenters. The number of aromatic nitrogens is 1. The van der Waals surface area contributed by atoms with Crippen LogP contribution in [-0.2, 0) is 0 Å². The van der Waals surface area contributed by atoms with Gasteiger partial charge in [-0.25, -0.2) is 0 Å². The summed E-state index contributed by atoms with van der Waals surface area (Å²) in [5.41, 5.74) is 6.78. The predicted molar refractivity (Wildman–Crippen MR) is 60.1 cm³/mol. The molecule has 0 radical (unpaired) electrons. The lowest BCUT2D eigenvalue weighted by Gasteiger charge is -2.17. The van der Waals surface area contributed by atoms with Gasteiger partial charge in [0, 0.05) is 13.2 Å². The summed E-state index contributed by atoms with van der Waals surface area (Å²) >= 11 is 0. The van der Waals surface area contributed by atoms with Crippen LogP contribution in [0.1, 0.15) is 10.6 Å². The van der Waals surface area contributed by atoms with Crippen molar-refractivity contribution >= 4 is 17.3 Å². The fraction of sp³-hybridized carbons (Fsp3) is 0.0909. The molecule has 0 aromatic carbocycles. The average Bonchev–Trinajstić information content (AvgIpc) is 2.81. The Morgan fingerprint density at radius 2 is 2.31 bits per heavy atom. The van der Waals surface area contributed by atoms with Crippen molar-refractivity contribution in [2.24, 2.45) is 0 Å². The second-order valence-electron chi connectivity index (χ2n) is 3.28. The molecule has 82 valence electrons. The van der Waals surface area contributed by atoms with Gasteiger partial charge in [-0.05, 0) is 18.2 Å². The van der Waals surface area contributed by atoms with Gasteiger partial charge < -0.3 is 15.1 Å². The van der Waals surface area contributed by atoms with E-state index in [0.29, 0.717) is 11.4 Å². The molecule has 5 nitrogen and oxygen atoms in total. The molecule has 0 aliphatic carbocycles. The Kier molecular flexibility index (Phi) is 2.59. The molecule has 2 heterocycles. The van der Waals surface area contributed by atoms with Crippen molar-refractivity contribution in [2.45, 2.75) is 0 Å². The molecule has 2 aromatic rings. The molecule has 2 N–H and O–H groups in total. The van der Waals surface area contributed by atoms with Gasteiger partial charge in [0.25, 0.3) is 5.91 Å². The predicted octanol–water partition coefficient (Wildman–Crippen LogP) is 1.53. The number of anilines is 2. The van der Waals surface area contributed by atoms with E-state index in [-0.39, 0.29) is 11.7 Å². The first kappa shape index (κ1) is 10.2. The third-order valence-electron chi connectivity index (χ3n) is 2.23. The monoisotopic (exact) mass is 217 g/mol. The zero-order valence-electron chi connectivity index (χ0n) is 8.75. The molecular weight excluding hydrogens is 206 g/mol. The summed E-state index contributed by atoms with van der Waals surface area (Å²) in [6, 6.07) is 4.95. The van der Waals surface area contributed by atoms with Crippen molar-refractivity contribution in [3.8, 4) is 0 Å². The minimum Gasteiger partial charge on any atom is -0.459 e. The Hall–Kier alpha value is -2.30. The lowest BCUT2D eigenvalue weighted by molar-refractivity contribution is 0.0966. The number of pyridine rings is 1. The van der Waals surface area contributed by atoms with E-state index in [2.05, 4.69) is 4.98 Å². The second-order valence-corrected chi connectivity index (χ2v) is 3.28. The van der Waals surface area contributed by atoms with Gasteiger partial charge in [-0.1, -0.05) is 0 Å². The zero-order chi connectivity index (χ0) is 11.5. The normalized spacial score (nSPS) is 10.1. The minimum atomic E-state index is -0.247. The fourth-order valence-electron chi connectivity index (χ4n) is 1.38. The summed E-state index contributed by atoms with van der Waals surface area (Å²) < 4.78 is 5.03. The molecule has 2 aromatic heterocycles. The van der Waals surface area contributed by atoms with Gasteiger partial charge in [0.1, 0.15) is 0 Å². The summed E-state index contributed by atoms with van der Waals surface area (Å²) in [6.07, 6.45) is 4.54. The standard InChI is InChI=1S/C11H11N3O2/c1-14(9-4-5-13-7-8(9)12)11(15)10-3-2-6-16-10/h2-7H,12H2,1H3. The van der Waals surface area contributed by atoms with Crippen LogP contribution in [0.25, 0.3) is 0 Å². The van der Waals surface area contributed by atoms with E-state index >= 15 is 0 Å². The molecule has 0 saturated heterocycles. The number of rotatable bonds is 2.